The molecular weight excluding hydrogens is 522 g/mol. The summed E-state index contributed by atoms with van der Waals surface area (Å²) < 4.78 is 15.3. The average Bonchev–Trinajstić information content (AvgIpc) is 3.77. The molecule has 9 heteroatoms. The van der Waals surface area contributed by atoms with Crippen molar-refractivity contribution in [1.82, 2.24) is 24.4 Å². The second-order valence-electron chi connectivity index (χ2n) is 9.03. The molecule has 0 spiro atoms. The lowest BCUT2D eigenvalue weighted by molar-refractivity contribution is 0.411. The van der Waals surface area contributed by atoms with E-state index in [9.17, 15) is 4.79 Å². The van der Waals surface area contributed by atoms with Crippen LogP contribution in [0.1, 0.15) is 17.0 Å². The number of hydrogen-bond acceptors (Lipinski definition) is 7. The summed E-state index contributed by atoms with van der Waals surface area (Å²) in [7, 11) is 1.61. The van der Waals surface area contributed by atoms with Crippen molar-refractivity contribution in [2.45, 2.75) is 0 Å². The molecule has 7 rings (SSSR count). The van der Waals surface area contributed by atoms with Crippen LogP contribution < -0.4 is 14.8 Å². The van der Waals surface area contributed by atoms with Crippen LogP contribution in [0.3, 0.4) is 0 Å². The van der Waals surface area contributed by atoms with Crippen molar-refractivity contribution in [3.8, 4) is 22.9 Å². The number of hydrogen-bond donors (Lipinski definition) is 0. The summed E-state index contributed by atoms with van der Waals surface area (Å²) in [5.74, 6) is 1.69. The van der Waals surface area contributed by atoms with Gasteiger partial charge in [0.2, 0.25) is 4.96 Å². The fraction of sp³-hybridized carbons (Fsp3) is 0.0323. The summed E-state index contributed by atoms with van der Waals surface area (Å²) in [5, 5.41) is 10.2. The van der Waals surface area contributed by atoms with Gasteiger partial charge < -0.3 is 9.15 Å². The summed E-state index contributed by atoms with van der Waals surface area (Å²) in [6, 6.07) is 27.3. The maximum absolute atomic E-state index is 13.3. The van der Waals surface area contributed by atoms with Gasteiger partial charge in [0.25, 0.3) is 5.56 Å². The Morgan fingerprint density at radius 2 is 1.73 bits per heavy atom. The van der Waals surface area contributed by atoms with Crippen molar-refractivity contribution in [2.24, 2.45) is 0 Å². The predicted octanol–water partition coefficient (Wildman–Crippen LogP) is 5.48. The van der Waals surface area contributed by atoms with Crippen LogP contribution >= 0.6 is 11.3 Å². The van der Waals surface area contributed by atoms with Crippen molar-refractivity contribution < 1.29 is 9.15 Å². The van der Waals surface area contributed by atoms with Gasteiger partial charge in [-0.25, -0.2) is 4.68 Å². The Morgan fingerprint density at radius 1 is 0.925 bits per heavy atom. The summed E-state index contributed by atoms with van der Waals surface area (Å²) >= 11 is 1.28. The summed E-state index contributed by atoms with van der Waals surface area (Å²) in [4.78, 5) is 18.4. The molecule has 0 aliphatic carbocycles. The van der Waals surface area contributed by atoms with Crippen LogP contribution in [0.4, 0.5) is 0 Å². The molecule has 0 N–H and O–H groups in total. The Kier molecular flexibility index (Phi) is 5.83. The molecular formula is C31H21N5O3S. The predicted molar refractivity (Wildman–Crippen MR) is 157 cm³/mol. The smallest absolute Gasteiger partial charge is 0.291 e. The molecule has 40 heavy (non-hydrogen) atoms. The van der Waals surface area contributed by atoms with E-state index < -0.39 is 0 Å². The average molecular weight is 544 g/mol. The molecule has 194 valence electrons. The van der Waals surface area contributed by atoms with Gasteiger partial charge in [0.1, 0.15) is 5.69 Å². The Hall–Kier alpha value is -5.28. The van der Waals surface area contributed by atoms with Crippen LogP contribution in [0.15, 0.2) is 100 Å². The van der Waals surface area contributed by atoms with E-state index >= 15 is 0 Å². The maximum atomic E-state index is 13.3. The highest BCUT2D eigenvalue weighted by atomic mass is 32.1. The first kappa shape index (κ1) is 23.8. The van der Waals surface area contributed by atoms with Gasteiger partial charge in [0.05, 0.1) is 17.3 Å². The van der Waals surface area contributed by atoms with E-state index in [0.717, 1.165) is 22.2 Å². The molecule has 0 aliphatic rings. The number of nitrogens with zero attached hydrogens (tertiary/aromatic N) is 5. The molecule has 4 heterocycles. The second kappa shape index (κ2) is 9.79. The standard InChI is InChI=1S/C31H21N5O3S/c1-38-24-14-8-11-21-17-25(39-29(21)24)28-22(19-35(34-28)23-12-6-3-7-13-23)18-26-30(37)36-31(40-26)32-27(33-36)16-15-20-9-4-2-5-10-20/h2-19H,1H3/b16-15+,26-18-. The molecule has 7 aromatic rings. The largest absolute Gasteiger partial charge is 0.493 e. The van der Waals surface area contributed by atoms with Gasteiger partial charge >= 0.3 is 0 Å². The first-order chi connectivity index (χ1) is 19.7. The van der Waals surface area contributed by atoms with Crippen LogP contribution in [0.5, 0.6) is 5.75 Å². The van der Waals surface area contributed by atoms with E-state index in [0.29, 0.717) is 38.1 Å². The number of fused-ring (bicyclic) bond motifs is 2. The van der Waals surface area contributed by atoms with Crippen LogP contribution in [0.25, 0.3) is 51.3 Å². The topological polar surface area (TPSA) is 87.5 Å². The van der Waals surface area contributed by atoms with E-state index in [1.165, 1.54) is 15.9 Å². The van der Waals surface area contributed by atoms with E-state index in [1.807, 2.05) is 103 Å². The van der Waals surface area contributed by atoms with Gasteiger partial charge in [-0.15, -0.1) is 5.10 Å². The minimum Gasteiger partial charge on any atom is -0.493 e. The number of thiazole rings is 1. The first-order valence-electron chi connectivity index (χ1n) is 12.5. The quantitative estimate of drug-likeness (QED) is 0.276. The lowest BCUT2D eigenvalue weighted by Gasteiger charge is -1.99. The summed E-state index contributed by atoms with van der Waals surface area (Å²) in [6.07, 6.45) is 7.42. The van der Waals surface area contributed by atoms with E-state index in [2.05, 4.69) is 10.1 Å². The highest BCUT2D eigenvalue weighted by Gasteiger charge is 2.18. The van der Waals surface area contributed by atoms with Crippen molar-refractivity contribution >= 4 is 45.5 Å². The fourth-order valence-electron chi connectivity index (χ4n) is 4.51. The van der Waals surface area contributed by atoms with Crippen molar-refractivity contribution in [3.63, 3.8) is 0 Å². The Balaban J connectivity index is 1.33. The van der Waals surface area contributed by atoms with Crippen LogP contribution in [0, 0.1) is 0 Å². The van der Waals surface area contributed by atoms with E-state index in [-0.39, 0.29) is 5.56 Å². The fourth-order valence-corrected chi connectivity index (χ4v) is 5.41. The van der Waals surface area contributed by atoms with Gasteiger partial charge in [0, 0.05) is 17.1 Å². The number of furan rings is 1. The summed E-state index contributed by atoms with van der Waals surface area (Å²) in [6.45, 7) is 0. The molecule has 8 nitrogen and oxygen atoms in total. The number of methoxy groups -OCH3 is 1. The molecule has 0 amide bonds. The molecule has 3 aromatic carbocycles. The van der Waals surface area contributed by atoms with Gasteiger partial charge in [-0.3, -0.25) is 4.79 Å². The zero-order valence-electron chi connectivity index (χ0n) is 21.3. The highest BCUT2D eigenvalue weighted by Crippen LogP contribution is 2.34. The minimum absolute atomic E-state index is 0.239. The Morgan fingerprint density at radius 3 is 2.50 bits per heavy atom. The molecule has 0 atom stereocenters. The molecule has 0 saturated heterocycles. The normalized spacial score (nSPS) is 12.3. The molecule has 0 fully saturated rings. The van der Waals surface area contributed by atoms with Gasteiger partial charge in [-0.05, 0) is 42.0 Å². The van der Waals surface area contributed by atoms with Gasteiger partial charge in [-0.1, -0.05) is 78.1 Å². The van der Waals surface area contributed by atoms with E-state index in [4.69, 9.17) is 14.3 Å². The third kappa shape index (κ3) is 4.28. The van der Waals surface area contributed by atoms with Crippen molar-refractivity contribution in [3.05, 3.63) is 123 Å². The zero-order chi connectivity index (χ0) is 27.1. The SMILES string of the molecule is COc1cccc2cc(-c3nn(-c4ccccc4)cc3/C=c3\sc4nc(/C=C/c5ccccc5)nn4c3=O)oc12. The van der Waals surface area contributed by atoms with Gasteiger partial charge in [-0.2, -0.15) is 14.6 Å². The zero-order valence-corrected chi connectivity index (χ0v) is 22.1. The van der Waals surface area contributed by atoms with Crippen LogP contribution in [-0.4, -0.2) is 31.5 Å². The number of rotatable bonds is 6. The second-order valence-corrected chi connectivity index (χ2v) is 10.0. The number of aromatic nitrogens is 5. The van der Waals surface area contributed by atoms with Crippen molar-refractivity contribution in [1.29, 1.82) is 0 Å². The minimum atomic E-state index is -0.239. The van der Waals surface area contributed by atoms with Gasteiger partial charge in [0.15, 0.2) is 22.9 Å². The number of para-hydroxylation sites is 2. The molecule has 0 aliphatic heterocycles. The third-order valence-corrected chi connectivity index (χ3v) is 7.39. The Bertz CT molecular complexity index is 2120. The molecule has 0 radical (unpaired) electrons. The number of benzene rings is 3. The Labute approximate surface area is 231 Å². The molecule has 4 aromatic heterocycles. The van der Waals surface area contributed by atoms with Crippen LogP contribution in [-0.2, 0) is 0 Å². The monoisotopic (exact) mass is 543 g/mol. The van der Waals surface area contributed by atoms with Crippen molar-refractivity contribution in [2.75, 3.05) is 7.11 Å². The maximum Gasteiger partial charge on any atom is 0.291 e. The van der Waals surface area contributed by atoms with E-state index in [1.54, 1.807) is 17.9 Å². The molecule has 0 bridgehead atoms. The number of ether oxygens (including phenoxy) is 1. The first-order valence-corrected chi connectivity index (χ1v) is 13.3. The third-order valence-electron chi connectivity index (χ3n) is 6.43. The lowest BCUT2D eigenvalue weighted by Crippen LogP contribution is -2.23. The molecule has 0 saturated carbocycles. The summed E-state index contributed by atoms with van der Waals surface area (Å²) in [5.41, 5.74) is 3.65. The van der Waals surface area contributed by atoms with Crippen LogP contribution in [0.2, 0.25) is 0 Å². The molecule has 0 unspecified atom stereocenters. The lowest BCUT2D eigenvalue weighted by atomic mass is 10.2. The highest BCUT2D eigenvalue weighted by molar-refractivity contribution is 7.15.